The van der Waals surface area contributed by atoms with Crippen LogP contribution < -0.4 is 5.32 Å². The Morgan fingerprint density at radius 1 is 1.17 bits per heavy atom. The molecule has 1 N–H and O–H groups in total. The molecule has 0 aliphatic carbocycles. The van der Waals surface area contributed by atoms with Crippen LogP contribution in [0.3, 0.4) is 0 Å². The number of nitrogens with one attached hydrogen (secondary N) is 1. The fourth-order valence-electron chi connectivity index (χ4n) is 3.78. The third kappa shape index (κ3) is 3.81. The minimum atomic E-state index is -0.301. The number of rotatable bonds is 6. The summed E-state index contributed by atoms with van der Waals surface area (Å²) < 4.78 is 8.74. The van der Waals surface area contributed by atoms with E-state index in [4.69, 9.17) is 9.72 Å². The van der Waals surface area contributed by atoms with Crippen molar-refractivity contribution in [2.75, 3.05) is 11.9 Å². The largest absolute Gasteiger partial charge is 0.462 e. The lowest BCUT2D eigenvalue weighted by Gasteiger charge is -2.30. The van der Waals surface area contributed by atoms with Crippen LogP contribution in [0.2, 0.25) is 0 Å². The molecule has 0 saturated heterocycles. The van der Waals surface area contributed by atoms with E-state index >= 15 is 0 Å². The lowest BCUT2D eigenvalue weighted by atomic mass is 9.95. The first-order valence-corrected chi connectivity index (χ1v) is 10.8. The van der Waals surface area contributed by atoms with Crippen LogP contribution in [0.1, 0.15) is 44.7 Å². The number of unbranched alkanes of at least 4 members (excludes halogenated alkanes) is 2. The summed E-state index contributed by atoms with van der Waals surface area (Å²) in [6.45, 7) is 4.49. The first-order valence-electron chi connectivity index (χ1n) is 9.97. The van der Waals surface area contributed by atoms with Gasteiger partial charge < -0.3 is 10.1 Å². The standard InChI is InChI=1S/C23H24BrN3O2/c1-3-4-7-14-29-22(28)20-15(2)25-23-26-18-8-5-6-9-19(18)27(23)21(20)16-10-12-17(24)13-11-16/h5-6,8-13,21H,3-4,7,14H2,1-2H3,(H,25,26). The van der Waals surface area contributed by atoms with Crippen molar-refractivity contribution in [2.24, 2.45) is 0 Å². The Kier molecular flexibility index (Phi) is 5.72. The Morgan fingerprint density at radius 2 is 1.93 bits per heavy atom. The summed E-state index contributed by atoms with van der Waals surface area (Å²) in [4.78, 5) is 17.9. The summed E-state index contributed by atoms with van der Waals surface area (Å²) >= 11 is 3.50. The highest BCUT2D eigenvalue weighted by atomic mass is 79.9. The number of imidazole rings is 1. The van der Waals surface area contributed by atoms with E-state index in [0.717, 1.165) is 52.0 Å². The molecule has 6 heteroatoms. The lowest BCUT2D eigenvalue weighted by Crippen LogP contribution is -2.29. The molecule has 1 aromatic heterocycles. The Morgan fingerprint density at radius 3 is 2.69 bits per heavy atom. The van der Waals surface area contributed by atoms with Gasteiger partial charge in [-0.25, -0.2) is 9.78 Å². The van der Waals surface area contributed by atoms with Crippen molar-refractivity contribution >= 4 is 38.9 Å². The average Bonchev–Trinajstić information content (AvgIpc) is 3.08. The van der Waals surface area contributed by atoms with E-state index in [2.05, 4.69) is 32.7 Å². The molecule has 1 unspecified atom stereocenters. The van der Waals surface area contributed by atoms with Gasteiger partial charge in [0.1, 0.15) is 0 Å². The van der Waals surface area contributed by atoms with Gasteiger partial charge in [0.15, 0.2) is 0 Å². The number of para-hydroxylation sites is 2. The molecule has 2 aromatic carbocycles. The maximum Gasteiger partial charge on any atom is 0.338 e. The number of carbonyl (C=O) groups is 1. The number of halogens is 1. The molecule has 0 spiro atoms. The van der Waals surface area contributed by atoms with Crippen molar-refractivity contribution in [2.45, 2.75) is 39.2 Å². The average molecular weight is 454 g/mol. The molecular weight excluding hydrogens is 430 g/mol. The Balaban J connectivity index is 1.80. The highest BCUT2D eigenvalue weighted by Crippen LogP contribution is 2.39. The van der Waals surface area contributed by atoms with Gasteiger partial charge in [0.05, 0.1) is 29.3 Å². The molecule has 1 atom stereocenters. The summed E-state index contributed by atoms with van der Waals surface area (Å²) in [6.07, 6.45) is 3.02. The van der Waals surface area contributed by atoms with E-state index in [1.54, 1.807) is 0 Å². The predicted octanol–water partition coefficient (Wildman–Crippen LogP) is 5.82. The van der Waals surface area contributed by atoms with Gasteiger partial charge in [-0.05, 0) is 43.2 Å². The topological polar surface area (TPSA) is 56.1 Å². The van der Waals surface area contributed by atoms with E-state index in [-0.39, 0.29) is 12.0 Å². The third-order valence-corrected chi connectivity index (χ3v) is 5.75. The van der Waals surface area contributed by atoms with Crippen molar-refractivity contribution in [3.8, 4) is 0 Å². The van der Waals surface area contributed by atoms with Gasteiger partial charge in [0.25, 0.3) is 0 Å². The zero-order chi connectivity index (χ0) is 20.4. The van der Waals surface area contributed by atoms with Gasteiger partial charge in [-0.1, -0.05) is 60.0 Å². The second kappa shape index (κ2) is 8.41. The van der Waals surface area contributed by atoms with Crippen LogP contribution in [0.25, 0.3) is 11.0 Å². The molecule has 2 heterocycles. The number of carbonyl (C=O) groups excluding carboxylic acids is 1. The van der Waals surface area contributed by atoms with Crippen LogP contribution in [0.5, 0.6) is 0 Å². The zero-order valence-electron chi connectivity index (χ0n) is 16.6. The van der Waals surface area contributed by atoms with Gasteiger partial charge in [0, 0.05) is 10.2 Å². The normalized spacial score (nSPS) is 15.9. The number of hydrogen-bond donors (Lipinski definition) is 1. The molecule has 3 aromatic rings. The van der Waals surface area contributed by atoms with E-state index in [1.165, 1.54) is 0 Å². The molecule has 0 radical (unpaired) electrons. The molecule has 0 amide bonds. The van der Waals surface area contributed by atoms with Crippen LogP contribution in [0, 0.1) is 0 Å². The number of fused-ring (bicyclic) bond motifs is 3. The van der Waals surface area contributed by atoms with Gasteiger partial charge in [-0.3, -0.25) is 4.57 Å². The first-order chi connectivity index (χ1) is 14.1. The molecule has 5 nitrogen and oxygen atoms in total. The highest BCUT2D eigenvalue weighted by molar-refractivity contribution is 9.10. The quantitative estimate of drug-likeness (QED) is 0.377. The number of hydrogen-bond acceptors (Lipinski definition) is 4. The maximum atomic E-state index is 13.1. The first kappa shape index (κ1) is 19.7. The van der Waals surface area contributed by atoms with Crippen LogP contribution >= 0.6 is 15.9 Å². The Hall–Kier alpha value is -2.60. The smallest absolute Gasteiger partial charge is 0.338 e. The van der Waals surface area contributed by atoms with E-state index in [0.29, 0.717) is 12.2 Å². The highest BCUT2D eigenvalue weighted by Gasteiger charge is 2.34. The SMILES string of the molecule is CCCCCOC(=O)C1=C(C)Nc2nc3ccccc3n2C1c1ccc(Br)cc1. The predicted molar refractivity (Wildman–Crippen MR) is 119 cm³/mol. The minimum Gasteiger partial charge on any atom is -0.462 e. The van der Waals surface area contributed by atoms with Crippen molar-refractivity contribution < 1.29 is 9.53 Å². The monoisotopic (exact) mass is 453 g/mol. The minimum absolute atomic E-state index is 0.276. The van der Waals surface area contributed by atoms with Gasteiger partial charge >= 0.3 is 5.97 Å². The zero-order valence-corrected chi connectivity index (χ0v) is 18.2. The fourth-order valence-corrected chi connectivity index (χ4v) is 4.05. The van der Waals surface area contributed by atoms with E-state index in [9.17, 15) is 4.79 Å². The molecular formula is C23H24BrN3O2. The summed E-state index contributed by atoms with van der Waals surface area (Å²) in [7, 11) is 0. The summed E-state index contributed by atoms with van der Waals surface area (Å²) in [6, 6.07) is 15.7. The van der Waals surface area contributed by atoms with Crippen molar-refractivity contribution in [1.29, 1.82) is 0 Å². The molecule has 1 aliphatic heterocycles. The van der Waals surface area contributed by atoms with Crippen molar-refractivity contribution in [3.05, 3.63) is 69.8 Å². The molecule has 0 bridgehead atoms. The van der Waals surface area contributed by atoms with Crippen molar-refractivity contribution in [3.63, 3.8) is 0 Å². The van der Waals surface area contributed by atoms with Crippen LogP contribution in [0.15, 0.2) is 64.3 Å². The Labute approximate surface area is 178 Å². The van der Waals surface area contributed by atoms with E-state index in [1.807, 2.05) is 55.5 Å². The number of aromatic nitrogens is 2. The molecule has 0 fully saturated rings. The molecule has 4 rings (SSSR count). The maximum absolute atomic E-state index is 13.1. The second-order valence-electron chi connectivity index (χ2n) is 7.25. The van der Waals surface area contributed by atoms with E-state index < -0.39 is 0 Å². The summed E-state index contributed by atoms with van der Waals surface area (Å²) in [5.74, 6) is 0.460. The molecule has 150 valence electrons. The number of ether oxygens (including phenoxy) is 1. The number of anilines is 1. The molecule has 1 aliphatic rings. The van der Waals surface area contributed by atoms with Gasteiger partial charge in [-0.15, -0.1) is 0 Å². The van der Waals surface area contributed by atoms with Crippen LogP contribution in [0.4, 0.5) is 5.95 Å². The number of benzene rings is 2. The number of nitrogens with zero attached hydrogens (tertiary/aromatic N) is 2. The van der Waals surface area contributed by atoms with Gasteiger partial charge in [-0.2, -0.15) is 0 Å². The lowest BCUT2D eigenvalue weighted by molar-refractivity contribution is -0.139. The van der Waals surface area contributed by atoms with Gasteiger partial charge in [0.2, 0.25) is 5.95 Å². The van der Waals surface area contributed by atoms with Crippen molar-refractivity contribution in [1.82, 2.24) is 9.55 Å². The fraction of sp³-hybridized carbons (Fsp3) is 0.304. The molecule has 29 heavy (non-hydrogen) atoms. The number of allylic oxidation sites excluding steroid dienone is 1. The van der Waals surface area contributed by atoms with Crippen LogP contribution in [-0.4, -0.2) is 22.1 Å². The Bertz CT molecular complexity index is 1070. The summed E-state index contributed by atoms with van der Waals surface area (Å²) in [5, 5.41) is 3.31. The second-order valence-corrected chi connectivity index (χ2v) is 8.17. The van der Waals surface area contributed by atoms with Crippen LogP contribution in [-0.2, 0) is 9.53 Å². The molecule has 0 saturated carbocycles. The summed E-state index contributed by atoms with van der Waals surface area (Å²) in [5.41, 5.74) is 4.29. The third-order valence-electron chi connectivity index (χ3n) is 5.22. The number of esters is 1.